The first-order valence-electron chi connectivity index (χ1n) is 5.01. The summed E-state index contributed by atoms with van der Waals surface area (Å²) >= 11 is 6.13. The van der Waals surface area contributed by atoms with Crippen LogP contribution < -0.4 is 5.63 Å². The standard InChI is InChI=1S/C13H7ClO3/c14-10-5-7-6-11(15)13(16)17-12(7)9-4-2-1-3-8(9)10/h1-6,15H. The molecule has 4 heteroatoms. The average molecular weight is 247 g/mol. The maximum Gasteiger partial charge on any atom is 0.378 e. The lowest BCUT2D eigenvalue weighted by Gasteiger charge is -2.04. The van der Waals surface area contributed by atoms with Crippen LogP contribution in [-0.2, 0) is 0 Å². The summed E-state index contributed by atoms with van der Waals surface area (Å²) in [5.41, 5.74) is -0.308. The predicted molar refractivity (Wildman–Crippen MR) is 66.7 cm³/mol. The summed E-state index contributed by atoms with van der Waals surface area (Å²) in [5.74, 6) is -0.413. The van der Waals surface area contributed by atoms with Crippen LogP contribution in [0.5, 0.6) is 5.75 Å². The van der Waals surface area contributed by atoms with Gasteiger partial charge >= 0.3 is 5.63 Å². The van der Waals surface area contributed by atoms with Crippen molar-refractivity contribution in [2.45, 2.75) is 0 Å². The molecule has 0 amide bonds. The van der Waals surface area contributed by atoms with Crippen LogP contribution in [0.4, 0.5) is 0 Å². The Morgan fingerprint density at radius 3 is 2.59 bits per heavy atom. The summed E-state index contributed by atoms with van der Waals surface area (Å²) in [4.78, 5) is 11.3. The Morgan fingerprint density at radius 2 is 1.82 bits per heavy atom. The fraction of sp³-hybridized carbons (Fsp3) is 0. The Labute approximate surface area is 101 Å². The van der Waals surface area contributed by atoms with Gasteiger partial charge in [0.1, 0.15) is 5.58 Å². The molecule has 1 aromatic heterocycles. The minimum absolute atomic E-state index is 0.413. The van der Waals surface area contributed by atoms with Crippen LogP contribution in [0.2, 0.25) is 5.02 Å². The maximum atomic E-state index is 11.3. The quantitative estimate of drug-likeness (QED) is 0.489. The smallest absolute Gasteiger partial charge is 0.378 e. The summed E-state index contributed by atoms with van der Waals surface area (Å²) in [6.07, 6.45) is 0. The third-order valence-corrected chi connectivity index (χ3v) is 2.98. The van der Waals surface area contributed by atoms with E-state index < -0.39 is 11.4 Å². The maximum absolute atomic E-state index is 11.3. The van der Waals surface area contributed by atoms with Gasteiger partial charge in [0.05, 0.1) is 0 Å². The zero-order valence-electron chi connectivity index (χ0n) is 8.61. The largest absolute Gasteiger partial charge is 0.502 e. The SMILES string of the molecule is O=c1oc2c(cc1O)cc(Cl)c1ccccc12. The van der Waals surface area contributed by atoms with Crippen molar-refractivity contribution in [2.75, 3.05) is 0 Å². The molecule has 0 aliphatic rings. The number of fused-ring (bicyclic) bond motifs is 3. The van der Waals surface area contributed by atoms with Gasteiger partial charge in [-0.1, -0.05) is 35.9 Å². The fourth-order valence-electron chi connectivity index (χ4n) is 1.90. The Morgan fingerprint density at radius 1 is 1.12 bits per heavy atom. The third-order valence-electron chi connectivity index (χ3n) is 2.67. The predicted octanol–water partition coefficient (Wildman–Crippen LogP) is 3.31. The van der Waals surface area contributed by atoms with Crippen molar-refractivity contribution in [3.63, 3.8) is 0 Å². The zero-order chi connectivity index (χ0) is 12.0. The van der Waals surface area contributed by atoms with E-state index in [-0.39, 0.29) is 0 Å². The first-order valence-corrected chi connectivity index (χ1v) is 5.38. The number of aromatic hydroxyl groups is 1. The first kappa shape index (κ1) is 10.2. The minimum atomic E-state index is -0.745. The molecular formula is C13H7ClO3. The molecule has 1 N–H and O–H groups in total. The molecule has 84 valence electrons. The molecule has 0 atom stereocenters. The Balaban J connectivity index is 2.63. The van der Waals surface area contributed by atoms with Crippen molar-refractivity contribution in [2.24, 2.45) is 0 Å². The molecule has 1 heterocycles. The van der Waals surface area contributed by atoms with Gasteiger partial charge in [0.25, 0.3) is 0 Å². The Kier molecular flexibility index (Phi) is 2.09. The third kappa shape index (κ3) is 1.47. The molecule has 3 aromatic rings. The number of halogens is 1. The summed E-state index contributed by atoms with van der Waals surface area (Å²) in [6, 6.07) is 10.4. The van der Waals surface area contributed by atoms with Gasteiger partial charge in [-0.15, -0.1) is 0 Å². The molecule has 0 unspecified atom stereocenters. The lowest BCUT2D eigenvalue weighted by atomic mass is 10.1. The summed E-state index contributed by atoms with van der Waals surface area (Å²) in [7, 11) is 0. The van der Waals surface area contributed by atoms with Gasteiger partial charge in [-0.25, -0.2) is 4.79 Å². The van der Waals surface area contributed by atoms with Gasteiger partial charge in [-0.3, -0.25) is 0 Å². The number of benzene rings is 2. The first-order chi connectivity index (χ1) is 8.16. The van der Waals surface area contributed by atoms with E-state index >= 15 is 0 Å². The topological polar surface area (TPSA) is 50.4 Å². The van der Waals surface area contributed by atoms with Gasteiger partial charge in [0, 0.05) is 21.2 Å². The number of hydrogen-bond donors (Lipinski definition) is 1. The molecule has 0 radical (unpaired) electrons. The second-order valence-corrected chi connectivity index (χ2v) is 4.15. The van der Waals surface area contributed by atoms with E-state index in [2.05, 4.69) is 0 Å². The van der Waals surface area contributed by atoms with Gasteiger partial charge in [0.15, 0.2) is 0 Å². The highest BCUT2D eigenvalue weighted by atomic mass is 35.5. The van der Waals surface area contributed by atoms with E-state index in [9.17, 15) is 9.90 Å². The highest BCUT2D eigenvalue weighted by molar-refractivity contribution is 6.37. The van der Waals surface area contributed by atoms with Crippen LogP contribution in [0.3, 0.4) is 0 Å². The van der Waals surface area contributed by atoms with Crippen LogP contribution >= 0.6 is 11.6 Å². The van der Waals surface area contributed by atoms with Crippen LogP contribution in [0.15, 0.2) is 45.6 Å². The van der Waals surface area contributed by atoms with Crippen LogP contribution in [0.1, 0.15) is 0 Å². The molecular weight excluding hydrogens is 240 g/mol. The van der Waals surface area contributed by atoms with Gasteiger partial charge in [-0.2, -0.15) is 0 Å². The molecule has 17 heavy (non-hydrogen) atoms. The van der Waals surface area contributed by atoms with E-state index in [4.69, 9.17) is 16.0 Å². The molecule has 0 saturated heterocycles. The van der Waals surface area contributed by atoms with E-state index in [1.54, 1.807) is 6.07 Å². The van der Waals surface area contributed by atoms with Crippen LogP contribution in [0, 0.1) is 0 Å². The van der Waals surface area contributed by atoms with E-state index in [1.165, 1.54) is 6.07 Å². The van der Waals surface area contributed by atoms with Crippen molar-refractivity contribution in [1.82, 2.24) is 0 Å². The molecule has 3 rings (SSSR count). The molecule has 0 bridgehead atoms. The van der Waals surface area contributed by atoms with Gasteiger partial charge in [-0.05, 0) is 12.1 Å². The molecule has 2 aromatic carbocycles. The molecule has 0 fully saturated rings. The normalized spacial score (nSPS) is 11.1. The molecule has 0 spiro atoms. The molecule has 3 nitrogen and oxygen atoms in total. The molecule has 0 aliphatic carbocycles. The van der Waals surface area contributed by atoms with E-state index in [1.807, 2.05) is 24.3 Å². The highest BCUT2D eigenvalue weighted by Gasteiger charge is 2.09. The van der Waals surface area contributed by atoms with E-state index in [0.29, 0.717) is 16.0 Å². The Bertz CT molecular complexity index is 790. The van der Waals surface area contributed by atoms with E-state index in [0.717, 1.165) is 10.8 Å². The number of hydrogen-bond acceptors (Lipinski definition) is 3. The van der Waals surface area contributed by atoms with Crippen molar-refractivity contribution < 1.29 is 9.52 Å². The van der Waals surface area contributed by atoms with Gasteiger partial charge < -0.3 is 9.52 Å². The lowest BCUT2D eigenvalue weighted by molar-refractivity contribution is 0.429. The van der Waals surface area contributed by atoms with Crippen molar-refractivity contribution >= 4 is 33.3 Å². The fourth-order valence-corrected chi connectivity index (χ4v) is 2.18. The Hall–Kier alpha value is -2.00. The summed E-state index contributed by atoms with van der Waals surface area (Å²) in [5, 5.41) is 12.1. The monoisotopic (exact) mass is 246 g/mol. The van der Waals surface area contributed by atoms with Gasteiger partial charge in [0.2, 0.25) is 5.75 Å². The lowest BCUT2D eigenvalue weighted by Crippen LogP contribution is -1.97. The van der Waals surface area contributed by atoms with Crippen molar-refractivity contribution in [1.29, 1.82) is 0 Å². The summed E-state index contributed by atoms with van der Waals surface area (Å²) < 4.78 is 5.10. The van der Waals surface area contributed by atoms with Crippen LogP contribution in [0.25, 0.3) is 21.7 Å². The average Bonchev–Trinajstić information content (AvgIpc) is 2.32. The number of rotatable bonds is 0. The summed E-state index contributed by atoms with van der Waals surface area (Å²) in [6.45, 7) is 0. The van der Waals surface area contributed by atoms with Crippen molar-refractivity contribution in [3.05, 3.63) is 51.8 Å². The molecule has 0 aliphatic heterocycles. The minimum Gasteiger partial charge on any atom is -0.502 e. The second-order valence-electron chi connectivity index (χ2n) is 3.74. The second kappa shape index (κ2) is 3.50. The zero-order valence-corrected chi connectivity index (χ0v) is 9.36. The van der Waals surface area contributed by atoms with Crippen molar-refractivity contribution in [3.8, 4) is 5.75 Å². The molecule has 0 saturated carbocycles. The van der Waals surface area contributed by atoms with Crippen LogP contribution in [-0.4, -0.2) is 5.11 Å². The highest BCUT2D eigenvalue weighted by Crippen LogP contribution is 2.31.